The van der Waals surface area contributed by atoms with Gasteiger partial charge in [0.05, 0.1) is 5.56 Å². The summed E-state index contributed by atoms with van der Waals surface area (Å²) in [5.41, 5.74) is 0.899. The van der Waals surface area contributed by atoms with Crippen molar-refractivity contribution in [1.29, 1.82) is 0 Å². The molecule has 28 heavy (non-hydrogen) atoms. The van der Waals surface area contributed by atoms with Crippen LogP contribution in [0.5, 0.6) is 17.4 Å². The molecule has 5 nitrogen and oxygen atoms in total. The molecule has 1 N–H and O–H groups in total. The molecule has 0 aliphatic heterocycles. The number of alkyl halides is 2. The molecule has 0 unspecified atom stereocenters. The summed E-state index contributed by atoms with van der Waals surface area (Å²) in [6, 6.07) is 8.88. The van der Waals surface area contributed by atoms with E-state index in [4.69, 9.17) is 16.3 Å². The number of rotatable bonds is 9. The molecule has 1 amide bonds. The third kappa shape index (κ3) is 5.92. The third-order valence-corrected chi connectivity index (χ3v) is 3.85. The maximum atomic E-state index is 12.4. The topological polar surface area (TPSA) is 60.5 Å². The highest BCUT2D eigenvalue weighted by atomic mass is 35.5. The number of carbonyl (C=O) groups is 1. The number of amides is 1. The number of para-hydroxylation sites is 2. The molecule has 0 bridgehead atoms. The van der Waals surface area contributed by atoms with Crippen LogP contribution in [0.15, 0.2) is 78.5 Å². The van der Waals surface area contributed by atoms with Crippen LogP contribution in [0.3, 0.4) is 0 Å². The fourth-order valence-corrected chi connectivity index (χ4v) is 2.22. The van der Waals surface area contributed by atoms with Crippen LogP contribution in [0.2, 0.25) is 0 Å². The number of ether oxygens (including phenoxy) is 2. The first-order valence-electron chi connectivity index (χ1n) is 8.04. The highest BCUT2D eigenvalue weighted by Crippen LogP contribution is 2.31. The minimum Gasteiger partial charge on any atom is -0.435 e. The molecular weight excluding hydrogens is 390 g/mol. The van der Waals surface area contributed by atoms with Gasteiger partial charge < -0.3 is 14.8 Å². The maximum Gasteiger partial charge on any atom is 0.387 e. The summed E-state index contributed by atoms with van der Waals surface area (Å²) in [6.07, 6.45) is 4.28. The van der Waals surface area contributed by atoms with Crippen molar-refractivity contribution in [2.24, 2.45) is 0 Å². The molecule has 0 saturated heterocycles. The molecule has 0 saturated carbocycles. The standard InChI is InChI=1S/C20H17ClF2N2O3/c1-3-13(15(21)4-2)11-25-19(26)14-9-10-18(24-12-14)27-16-7-5-6-8-17(16)28-20(22)23/h3-10,12,20H,1-2,11H2,(H,25,26)/b15-13-. The first kappa shape index (κ1) is 21.1. The van der Waals surface area contributed by atoms with Crippen LogP contribution in [-0.2, 0) is 0 Å². The molecule has 0 fully saturated rings. The average Bonchev–Trinajstić information content (AvgIpc) is 2.69. The number of halogens is 3. The molecule has 2 aromatic rings. The fourth-order valence-electron chi connectivity index (χ4n) is 2.08. The highest BCUT2D eigenvalue weighted by Gasteiger charge is 2.12. The van der Waals surface area contributed by atoms with E-state index in [2.05, 4.69) is 28.2 Å². The van der Waals surface area contributed by atoms with Crippen molar-refractivity contribution in [3.05, 3.63) is 84.1 Å². The van der Waals surface area contributed by atoms with E-state index in [1.165, 1.54) is 48.7 Å². The van der Waals surface area contributed by atoms with E-state index >= 15 is 0 Å². The lowest BCUT2D eigenvalue weighted by Crippen LogP contribution is -2.25. The summed E-state index contributed by atoms with van der Waals surface area (Å²) in [4.78, 5) is 16.2. The number of pyridine rings is 1. The molecule has 1 aromatic heterocycles. The smallest absolute Gasteiger partial charge is 0.387 e. The Morgan fingerprint density at radius 1 is 1.18 bits per heavy atom. The van der Waals surface area contributed by atoms with Gasteiger partial charge in [-0.15, -0.1) is 0 Å². The highest BCUT2D eigenvalue weighted by molar-refractivity contribution is 6.31. The number of hydrogen-bond acceptors (Lipinski definition) is 4. The predicted molar refractivity (Wildman–Crippen MR) is 103 cm³/mol. The van der Waals surface area contributed by atoms with Crippen molar-refractivity contribution in [2.45, 2.75) is 6.61 Å². The molecule has 0 aliphatic rings. The van der Waals surface area contributed by atoms with Crippen molar-refractivity contribution in [2.75, 3.05) is 6.54 Å². The van der Waals surface area contributed by atoms with Gasteiger partial charge in [-0.3, -0.25) is 4.79 Å². The Hall–Kier alpha value is -3.19. The van der Waals surface area contributed by atoms with Gasteiger partial charge in [-0.05, 0) is 23.8 Å². The van der Waals surface area contributed by atoms with Crippen LogP contribution in [0.25, 0.3) is 0 Å². The van der Waals surface area contributed by atoms with E-state index in [1.54, 1.807) is 6.07 Å². The molecule has 0 aliphatic carbocycles. The maximum absolute atomic E-state index is 12.4. The normalized spacial score (nSPS) is 11.4. The van der Waals surface area contributed by atoms with Crippen LogP contribution in [0.4, 0.5) is 8.78 Å². The Labute approximate surface area is 165 Å². The predicted octanol–water partition coefficient (Wildman–Crippen LogP) is 5.07. The van der Waals surface area contributed by atoms with Crippen LogP contribution >= 0.6 is 11.6 Å². The van der Waals surface area contributed by atoms with Gasteiger partial charge in [-0.1, -0.05) is 49.0 Å². The first-order chi connectivity index (χ1) is 13.4. The molecule has 8 heteroatoms. The van der Waals surface area contributed by atoms with E-state index in [-0.39, 0.29) is 35.4 Å². The summed E-state index contributed by atoms with van der Waals surface area (Å²) in [7, 11) is 0. The fraction of sp³-hybridized carbons (Fsp3) is 0.100. The number of aromatic nitrogens is 1. The van der Waals surface area contributed by atoms with Crippen molar-refractivity contribution in [3.63, 3.8) is 0 Å². The van der Waals surface area contributed by atoms with Crippen LogP contribution in [0, 0.1) is 0 Å². The summed E-state index contributed by atoms with van der Waals surface area (Å²) in [6.45, 7) is 4.38. The summed E-state index contributed by atoms with van der Waals surface area (Å²) < 4.78 is 34.7. The van der Waals surface area contributed by atoms with Crippen LogP contribution in [-0.4, -0.2) is 24.0 Å². The van der Waals surface area contributed by atoms with Crippen LogP contribution in [0.1, 0.15) is 10.4 Å². The first-order valence-corrected chi connectivity index (χ1v) is 8.42. The molecule has 146 valence electrons. The molecule has 0 atom stereocenters. The Bertz CT molecular complexity index is 883. The van der Waals surface area contributed by atoms with E-state index in [0.717, 1.165) is 0 Å². The van der Waals surface area contributed by atoms with Crippen LogP contribution < -0.4 is 14.8 Å². The van der Waals surface area contributed by atoms with Gasteiger partial charge in [-0.25, -0.2) is 4.98 Å². The van der Waals surface area contributed by atoms with Gasteiger partial charge >= 0.3 is 6.61 Å². The Morgan fingerprint density at radius 3 is 2.46 bits per heavy atom. The number of allylic oxidation sites excluding steroid dienone is 2. The third-order valence-electron chi connectivity index (χ3n) is 3.45. The zero-order valence-electron chi connectivity index (χ0n) is 14.7. The second-order valence-electron chi connectivity index (χ2n) is 5.28. The minimum atomic E-state index is -2.98. The molecule has 0 radical (unpaired) electrons. The molecule has 1 aromatic carbocycles. The monoisotopic (exact) mass is 406 g/mol. The number of benzene rings is 1. The lowest BCUT2D eigenvalue weighted by atomic mass is 10.2. The van der Waals surface area contributed by atoms with E-state index in [1.807, 2.05) is 0 Å². The number of hydrogen-bond donors (Lipinski definition) is 1. The summed E-state index contributed by atoms with van der Waals surface area (Å²) >= 11 is 5.96. The number of nitrogens with one attached hydrogen (secondary N) is 1. The molecule has 2 rings (SSSR count). The van der Waals surface area contributed by atoms with Crippen molar-refractivity contribution in [1.82, 2.24) is 10.3 Å². The SMILES string of the molecule is C=C/C(Cl)=C(\C=C)CNC(=O)c1ccc(Oc2ccccc2OC(F)F)nc1. The zero-order chi connectivity index (χ0) is 20.5. The largest absolute Gasteiger partial charge is 0.435 e. The van der Waals surface area contributed by atoms with Crippen molar-refractivity contribution < 1.29 is 23.0 Å². The van der Waals surface area contributed by atoms with Gasteiger partial charge in [0.25, 0.3) is 5.91 Å². The minimum absolute atomic E-state index is 0.0762. The van der Waals surface area contributed by atoms with Crippen molar-refractivity contribution >= 4 is 17.5 Å². The van der Waals surface area contributed by atoms with Crippen molar-refractivity contribution in [3.8, 4) is 17.4 Å². The Balaban J connectivity index is 2.05. The summed E-state index contributed by atoms with van der Waals surface area (Å²) in [5.74, 6) is -0.312. The van der Waals surface area contributed by atoms with Gasteiger partial charge in [0.2, 0.25) is 5.88 Å². The Kier molecular flexibility index (Phi) is 7.71. The number of nitrogens with zero attached hydrogens (tertiary/aromatic N) is 1. The zero-order valence-corrected chi connectivity index (χ0v) is 15.5. The van der Waals surface area contributed by atoms with E-state index < -0.39 is 6.61 Å². The second kappa shape index (κ2) is 10.2. The lowest BCUT2D eigenvalue weighted by molar-refractivity contribution is -0.0510. The molecule has 1 heterocycles. The Morgan fingerprint density at radius 2 is 1.89 bits per heavy atom. The summed E-state index contributed by atoms with van der Waals surface area (Å²) in [5, 5.41) is 3.07. The van der Waals surface area contributed by atoms with E-state index in [0.29, 0.717) is 10.6 Å². The quantitative estimate of drug-likeness (QED) is 0.590. The number of carbonyl (C=O) groups excluding carboxylic acids is 1. The van der Waals surface area contributed by atoms with E-state index in [9.17, 15) is 13.6 Å². The van der Waals surface area contributed by atoms with Gasteiger partial charge in [0.1, 0.15) is 0 Å². The van der Waals surface area contributed by atoms with Gasteiger partial charge in [0, 0.05) is 23.8 Å². The molecule has 0 spiro atoms. The molecular formula is C20H17ClF2N2O3. The average molecular weight is 407 g/mol. The van der Waals surface area contributed by atoms with Gasteiger partial charge in [-0.2, -0.15) is 8.78 Å². The second-order valence-corrected chi connectivity index (χ2v) is 5.68. The van der Waals surface area contributed by atoms with Gasteiger partial charge in [0.15, 0.2) is 11.5 Å². The lowest BCUT2D eigenvalue weighted by Gasteiger charge is -2.11.